The van der Waals surface area contributed by atoms with E-state index in [-0.39, 0.29) is 11.3 Å². The molecule has 0 aromatic heterocycles. The van der Waals surface area contributed by atoms with E-state index < -0.39 is 39.9 Å². The highest BCUT2D eigenvalue weighted by Gasteiger charge is 2.28. The highest BCUT2D eigenvalue weighted by molar-refractivity contribution is 7.85. The third-order valence-electron chi connectivity index (χ3n) is 4.50. The average Bonchev–Trinajstić information content (AvgIpc) is 2.52. The second kappa shape index (κ2) is 8.81. The Bertz CT molecular complexity index is 723. The number of rotatable bonds is 6. The van der Waals surface area contributed by atoms with Crippen LogP contribution in [-0.4, -0.2) is 36.9 Å². The Hall–Kier alpha value is -1.67. The van der Waals surface area contributed by atoms with Crippen LogP contribution in [0.15, 0.2) is 18.2 Å². The van der Waals surface area contributed by atoms with Crippen molar-refractivity contribution in [2.75, 3.05) is 12.4 Å². The molecular weight excluding hydrogens is 363 g/mol. The Labute approximate surface area is 153 Å². The molecule has 146 valence electrons. The first-order valence-electron chi connectivity index (χ1n) is 8.78. The zero-order chi connectivity index (χ0) is 19.2. The number of carbonyl (C=O) groups excluding carboxylic acids is 1. The Balaban J connectivity index is 2.07. The first-order valence-corrected chi connectivity index (χ1v) is 10.4. The molecular formula is C18H24FO6S-. The summed E-state index contributed by atoms with van der Waals surface area (Å²) in [6.45, 7) is 1.40. The molecule has 0 heterocycles. The predicted molar refractivity (Wildman–Crippen MR) is 92.6 cm³/mol. The van der Waals surface area contributed by atoms with Crippen molar-refractivity contribution in [1.29, 1.82) is 0 Å². The summed E-state index contributed by atoms with van der Waals surface area (Å²) in [5.41, 5.74) is -0.459. The van der Waals surface area contributed by atoms with Crippen molar-refractivity contribution in [2.24, 2.45) is 0 Å². The number of ether oxygens (including phenoxy) is 2. The molecule has 1 aromatic carbocycles. The molecule has 0 spiro atoms. The summed E-state index contributed by atoms with van der Waals surface area (Å²) in [5, 5.41) is 0. The molecule has 0 saturated heterocycles. The number of hydrogen-bond acceptors (Lipinski definition) is 6. The van der Waals surface area contributed by atoms with Crippen LogP contribution in [0.5, 0.6) is 5.75 Å². The third kappa shape index (κ3) is 6.57. The molecule has 0 atom stereocenters. The third-order valence-corrected chi connectivity index (χ3v) is 5.17. The van der Waals surface area contributed by atoms with Crippen LogP contribution in [-0.2, 0) is 14.9 Å². The molecule has 26 heavy (non-hydrogen) atoms. The predicted octanol–water partition coefficient (Wildman–Crippen LogP) is 3.41. The van der Waals surface area contributed by atoms with Gasteiger partial charge in [-0.25, -0.2) is 17.6 Å². The van der Waals surface area contributed by atoms with Gasteiger partial charge in [0.05, 0.1) is 21.4 Å². The second-order valence-electron chi connectivity index (χ2n) is 6.86. The second-order valence-corrected chi connectivity index (χ2v) is 8.39. The molecule has 0 bridgehead atoms. The number of hydrogen-bond donors (Lipinski definition) is 0. The zero-order valence-electron chi connectivity index (χ0n) is 14.8. The molecule has 0 unspecified atom stereocenters. The summed E-state index contributed by atoms with van der Waals surface area (Å²) in [5.74, 6) is -2.24. The van der Waals surface area contributed by atoms with Gasteiger partial charge in [0.1, 0.15) is 12.2 Å². The van der Waals surface area contributed by atoms with Gasteiger partial charge in [-0.15, -0.1) is 0 Å². The van der Waals surface area contributed by atoms with Gasteiger partial charge >= 0.3 is 5.97 Å². The monoisotopic (exact) mass is 387 g/mol. The van der Waals surface area contributed by atoms with Gasteiger partial charge in [0.2, 0.25) is 0 Å². The fraction of sp³-hybridized carbons (Fsp3) is 0.611. The Morgan fingerprint density at radius 1 is 1.19 bits per heavy atom. The maximum absolute atomic E-state index is 14.2. The van der Waals surface area contributed by atoms with Crippen LogP contribution in [0.2, 0.25) is 0 Å². The molecule has 0 N–H and O–H groups in total. The first kappa shape index (κ1) is 20.6. The molecule has 6 nitrogen and oxygen atoms in total. The minimum absolute atomic E-state index is 0.0287. The number of benzene rings is 1. The van der Waals surface area contributed by atoms with Crippen LogP contribution in [0, 0.1) is 5.82 Å². The van der Waals surface area contributed by atoms with Crippen LogP contribution in [0.25, 0.3) is 0 Å². The van der Waals surface area contributed by atoms with Crippen molar-refractivity contribution >= 4 is 16.1 Å². The standard InChI is InChI=1S/C18H25FO6S/c1-18(9-5-3-2-4-6-10-18)25-16-13-14(7-8-15(16)19)17(20)24-11-12-26(21,22)23/h7-8,13H,2-6,9-12H2,1H3,(H,21,22,23)/p-1. The molecule has 0 aliphatic heterocycles. The van der Waals surface area contributed by atoms with Gasteiger partial charge in [0, 0.05) is 0 Å². The Kier molecular flexibility index (Phi) is 7.00. The van der Waals surface area contributed by atoms with Gasteiger partial charge in [-0.2, -0.15) is 0 Å². The van der Waals surface area contributed by atoms with Gasteiger partial charge in [-0.1, -0.05) is 19.3 Å². The summed E-state index contributed by atoms with van der Waals surface area (Å²) in [4.78, 5) is 12.0. The summed E-state index contributed by atoms with van der Waals surface area (Å²) in [6.07, 6.45) is 7.07. The Morgan fingerprint density at radius 2 is 1.81 bits per heavy atom. The van der Waals surface area contributed by atoms with Gasteiger partial charge in [-0.3, -0.25) is 0 Å². The van der Waals surface area contributed by atoms with Crippen LogP contribution in [0.1, 0.15) is 62.2 Å². The van der Waals surface area contributed by atoms with Gasteiger partial charge in [0.25, 0.3) is 0 Å². The molecule has 1 aliphatic carbocycles. The summed E-state index contributed by atoms with van der Waals surface area (Å²) < 4.78 is 56.5. The molecule has 8 heteroatoms. The quantitative estimate of drug-likeness (QED) is 0.549. The van der Waals surface area contributed by atoms with Gasteiger partial charge in [-0.05, 0) is 50.8 Å². The highest BCUT2D eigenvalue weighted by Crippen LogP contribution is 2.32. The lowest BCUT2D eigenvalue weighted by atomic mass is 9.88. The Morgan fingerprint density at radius 3 is 2.42 bits per heavy atom. The molecule has 1 aromatic rings. The molecule has 0 radical (unpaired) electrons. The van der Waals surface area contributed by atoms with Crippen LogP contribution < -0.4 is 4.74 Å². The van der Waals surface area contributed by atoms with E-state index in [0.29, 0.717) is 0 Å². The SMILES string of the molecule is CC1(Oc2cc(C(=O)OCCS(=O)(=O)[O-])ccc2F)CCCCCCC1. The minimum Gasteiger partial charge on any atom is -0.748 e. The van der Waals surface area contributed by atoms with Crippen molar-refractivity contribution in [3.05, 3.63) is 29.6 Å². The van der Waals surface area contributed by atoms with Crippen molar-refractivity contribution in [2.45, 2.75) is 57.5 Å². The van der Waals surface area contributed by atoms with E-state index in [1.54, 1.807) is 0 Å². The van der Waals surface area contributed by atoms with E-state index in [9.17, 15) is 22.2 Å². The number of esters is 1. The van der Waals surface area contributed by atoms with Gasteiger partial charge in [0.15, 0.2) is 11.6 Å². The van der Waals surface area contributed by atoms with E-state index in [1.165, 1.54) is 18.6 Å². The van der Waals surface area contributed by atoms with Crippen molar-refractivity contribution in [3.63, 3.8) is 0 Å². The number of halogens is 1. The zero-order valence-corrected chi connectivity index (χ0v) is 15.6. The summed E-state index contributed by atoms with van der Waals surface area (Å²) in [6, 6.07) is 3.60. The van der Waals surface area contributed by atoms with E-state index in [0.717, 1.165) is 44.6 Å². The van der Waals surface area contributed by atoms with Crippen LogP contribution >= 0.6 is 0 Å². The normalized spacial score (nSPS) is 17.8. The lowest BCUT2D eigenvalue weighted by Gasteiger charge is -2.32. The number of carbonyl (C=O) groups is 1. The van der Waals surface area contributed by atoms with E-state index >= 15 is 0 Å². The largest absolute Gasteiger partial charge is 0.748 e. The molecule has 1 fully saturated rings. The van der Waals surface area contributed by atoms with Crippen molar-refractivity contribution < 1.29 is 31.6 Å². The maximum atomic E-state index is 14.2. The van der Waals surface area contributed by atoms with Crippen molar-refractivity contribution in [3.8, 4) is 5.75 Å². The van der Waals surface area contributed by atoms with Gasteiger partial charge < -0.3 is 14.0 Å². The van der Waals surface area contributed by atoms with Crippen LogP contribution in [0.3, 0.4) is 0 Å². The summed E-state index contributed by atoms with van der Waals surface area (Å²) >= 11 is 0. The average molecular weight is 387 g/mol. The molecule has 1 saturated carbocycles. The first-order chi connectivity index (χ1) is 12.2. The maximum Gasteiger partial charge on any atom is 0.338 e. The topological polar surface area (TPSA) is 92.7 Å². The minimum atomic E-state index is -4.46. The fourth-order valence-electron chi connectivity index (χ4n) is 3.05. The highest BCUT2D eigenvalue weighted by atomic mass is 32.2. The van der Waals surface area contributed by atoms with E-state index in [4.69, 9.17) is 9.47 Å². The smallest absolute Gasteiger partial charge is 0.338 e. The molecule has 0 amide bonds. The van der Waals surface area contributed by atoms with E-state index in [2.05, 4.69) is 0 Å². The molecule has 1 aliphatic rings. The molecule has 2 rings (SSSR count). The summed E-state index contributed by atoms with van der Waals surface area (Å²) in [7, 11) is -4.46. The lowest BCUT2D eigenvalue weighted by molar-refractivity contribution is 0.0502. The lowest BCUT2D eigenvalue weighted by Crippen LogP contribution is -2.33. The van der Waals surface area contributed by atoms with E-state index in [1.807, 2.05) is 6.92 Å². The van der Waals surface area contributed by atoms with Crippen LogP contribution in [0.4, 0.5) is 4.39 Å². The van der Waals surface area contributed by atoms with Crippen molar-refractivity contribution in [1.82, 2.24) is 0 Å². The fourth-order valence-corrected chi connectivity index (χ4v) is 3.34.